The Bertz CT molecular complexity index is 734. The summed E-state index contributed by atoms with van der Waals surface area (Å²) in [5.74, 6) is 0.393. The zero-order valence-corrected chi connectivity index (χ0v) is 15.2. The average molecular weight is 333 g/mol. The maximum absolute atomic E-state index is 6.86. The summed E-state index contributed by atoms with van der Waals surface area (Å²) in [6.45, 7) is 2.32. The largest absolute Gasteiger partial charge is 0.354 e. The van der Waals surface area contributed by atoms with E-state index in [0.717, 1.165) is 12.8 Å². The Kier molecular flexibility index (Phi) is 4.38. The molecular weight excluding hydrogens is 309 g/mol. The number of anilines is 2. The third kappa shape index (κ3) is 2.99. The molecule has 2 aromatic carbocycles. The van der Waals surface area contributed by atoms with Crippen LogP contribution in [0.1, 0.15) is 56.9 Å². The molecule has 0 bridgehead atoms. The molecule has 0 saturated heterocycles. The zero-order chi connectivity index (χ0) is 16.6. The van der Waals surface area contributed by atoms with Crippen LogP contribution < -0.4 is 5.32 Å². The fraction of sp³-hybridized carbons (Fsp3) is 0.429. The van der Waals surface area contributed by atoms with Crippen LogP contribution in [-0.4, -0.2) is 7.85 Å². The smallest absolute Gasteiger partial charge is 0.0754 e. The number of benzene rings is 2. The Hall–Kier alpha value is -1.35. The molecule has 1 nitrogen and oxygen atoms in total. The predicted molar refractivity (Wildman–Crippen MR) is 105 cm³/mol. The minimum absolute atomic E-state index is 0.0511. The zero-order valence-electron chi connectivity index (χ0n) is 14.3. The van der Waals surface area contributed by atoms with Crippen LogP contribution in [0, 0.1) is 0 Å². The van der Waals surface area contributed by atoms with E-state index in [1.54, 1.807) is 0 Å². The van der Waals surface area contributed by atoms with Crippen molar-refractivity contribution in [3.05, 3.63) is 48.0 Å². The number of hydrogen-bond donors (Lipinski definition) is 1. The van der Waals surface area contributed by atoms with E-state index in [9.17, 15) is 0 Å². The Morgan fingerprint density at radius 2 is 1.67 bits per heavy atom. The maximum atomic E-state index is 6.86. The molecule has 2 aliphatic rings. The highest BCUT2D eigenvalue weighted by Crippen LogP contribution is 2.51. The highest BCUT2D eigenvalue weighted by molar-refractivity contribution is 7.99. The molecule has 3 heteroatoms. The predicted octanol–water partition coefficient (Wildman–Crippen LogP) is 6.68. The van der Waals surface area contributed by atoms with Gasteiger partial charge in [-0.2, -0.15) is 0 Å². The van der Waals surface area contributed by atoms with Crippen molar-refractivity contribution in [3.8, 4) is 0 Å². The van der Waals surface area contributed by atoms with Gasteiger partial charge in [-0.1, -0.05) is 80.7 Å². The van der Waals surface area contributed by atoms with Gasteiger partial charge in [0.2, 0.25) is 0 Å². The van der Waals surface area contributed by atoms with Crippen LogP contribution in [0.3, 0.4) is 0 Å². The van der Waals surface area contributed by atoms with Gasteiger partial charge in [0.15, 0.2) is 0 Å². The Morgan fingerprint density at radius 3 is 2.46 bits per heavy atom. The van der Waals surface area contributed by atoms with Crippen LogP contribution >= 0.6 is 11.8 Å². The fourth-order valence-corrected chi connectivity index (χ4v) is 5.05. The molecule has 0 aromatic heterocycles. The van der Waals surface area contributed by atoms with E-state index in [0.29, 0.717) is 5.92 Å². The second-order valence-electron chi connectivity index (χ2n) is 7.35. The Labute approximate surface area is 151 Å². The van der Waals surface area contributed by atoms with Gasteiger partial charge in [-0.05, 0) is 35.7 Å². The lowest BCUT2D eigenvalue weighted by Crippen LogP contribution is -2.20. The van der Waals surface area contributed by atoms with Crippen molar-refractivity contribution in [1.82, 2.24) is 0 Å². The highest BCUT2D eigenvalue weighted by Gasteiger charge is 2.32. The van der Waals surface area contributed by atoms with Crippen LogP contribution in [0.5, 0.6) is 0 Å². The van der Waals surface area contributed by atoms with Crippen molar-refractivity contribution in [1.29, 1.82) is 0 Å². The number of hydrogen-bond acceptors (Lipinski definition) is 2. The Morgan fingerprint density at radius 1 is 0.958 bits per heavy atom. The molecule has 122 valence electrons. The van der Waals surface area contributed by atoms with E-state index >= 15 is 0 Å². The van der Waals surface area contributed by atoms with Crippen molar-refractivity contribution in [2.75, 3.05) is 5.32 Å². The van der Waals surface area contributed by atoms with Crippen LogP contribution in [0.15, 0.2) is 52.3 Å². The van der Waals surface area contributed by atoms with Gasteiger partial charge in [0.1, 0.15) is 0 Å². The second kappa shape index (κ2) is 6.52. The lowest BCUT2D eigenvalue weighted by Gasteiger charge is -2.36. The molecule has 1 saturated carbocycles. The van der Waals surface area contributed by atoms with E-state index in [1.165, 1.54) is 52.4 Å². The van der Waals surface area contributed by atoms with Crippen molar-refractivity contribution >= 4 is 31.0 Å². The van der Waals surface area contributed by atoms with Crippen molar-refractivity contribution in [3.63, 3.8) is 0 Å². The molecule has 0 amide bonds. The molecule has 4 rings (SSSR count). The topological polar surface area (TPSA) is 12.0 Å². The fourth-order valence-electron chi connectivity index (χ4n) is 4.08. The quantitative estimate of drug-likeness (QED) is 0.415. The molecule has 1 heterocycles. The summed E-state index contributed by atoms with van der Waals surface area (Å²) in [4.78, 5) is 2.60. The van der Waals surface area contributed by atoms with Crippen molar-refractivity contribution < 1.29 is 0 Å². The van der Waals surface area contributed by atoms with Crippen LogP contribution in [-0.2, 0) is 0 Å². The molecule has 0 spiro atoms. The number of fused-ring (bicyclic) bond motifs is 2. The van der Waals surface area contributed by atoms with Gasteiger partial charge >= 0.3 is 0 Å². The van der Waals surface area contributed by atoms with E-state index in [4.69, 9.17) is 7.85 Å². The summed E-state index contributed by atoms with van der Waals surface area (Å²) in [6, 6.07) is 15.4. The van der Waals surface area contributed by atoms with Gasteiger partial charge in [0.05, 0.1) is 19.2 Å². The average Bonchev–Trinajstić information content (AvgIpc) is 2.84. The molecule has 1 unspecified atom stereocenters. The lowest BCUT2D eigenvalue weighted by molar-refractivity contribution is 0.419. The molecule has 1 aliphatic heterocycles. The molecule has 1 N–H and O–H groups in total. The summed E-state index contributed by atoms with van der Waals surface area (Å²) < 4.78 is 0. The van der Waals surface area contributed by atoms with Crippen molar-refractivity contribution in [2.45, 2.75) is 66.5 Å². The van der Waals surface area contributed by atoms with Crippen LogP contribution in [0.4, 0.5) is 11.4 Å². The first-order valence-electron chi connectivity index (χ1n) is 9.12. The van der Waals surface area contributed by atoms with Gasteiger partial charge < -0.3 is 5.32 Å². The molecule has 2 radical (unpaired) electrons. The molecule has 1 fully saturated rings. The van der Waals surface area contributed by atoms with Gasteiger partial charge in [0.25, 0.3) is 0 Å². The Balaban J connectivity index is 1.62. The monoisotopic (exact) mass is 333 g/mol. The molecule has 24 heavy (non-hydrogen) atoms. The maximum Gasteiger partial charge on any atom is 0.0754 e. The number of para-hydroxylation sites is 1. The van der Waals surface area contributed by atoms with Gasteiger partial charge in [-0.3, -0.25) is 0 Å². The lowest BCUT2D eigenvalue weighted by atomic mass is 9.55. The summed E-state index contributed by atoms with van der Waals surface area (Å²) >= 11 is 1.85. The van der Waals surface area contributed by atoms with E-state index in [-0.39, 0.29) is 5.31 Å². The van der Waals surface area contributed by atoms with Crippen LogP contribution in [0.25, 0.3) is 0 Å². The first kappa shape index (κ1) is 16.1. The summed E-state index contributed by atoms with van der Waals surface area (Å²) in [6.07, 6.45) is 7.52. The summed E-state index contributed by atoms with van der Waals surface area (Å²) in [7, 11) is 6.86. The van der Waals surface area contributed by atoms with E-state index in [2.05, 4.69) is 54.7 Å². The number of rotatable bonds is 2. The van der Waals surface area contributed by atoms with Crippen LogP contribution in [0.2, 0.25) is 5.31 Å². The number of nitrogens with one attached hydrogen (secondary N) is 1. The summed E-state index contributed by atoms with van der Waals surface area (Å²) in [5, 5.41) is 3.55. The van der Waals surface area contributed by atoms with Crippen molar-refractivity contribution in [2.24, 2.45) is 0 Å². The molecule has 1 aliphatic carbocycles. The second-order valence-corrected chi connectivity index (χ2v) is 8.43. The third-order valence-corrected chi connectivity index (χ3v) is 6.93. The first-order valence-corrected chi connectivity index (χ1v) is 9.94. The van der Waals surface area contributed by atoms with Gasteiger partial charge in [-0.15, -0.1) is 0 Å². The first-order chi connectivity index (χ1) is 11.7. The molecule has 1 atom stereocenters. The molecule has 2 aromatic rings. The van der Waals surface area contributed by atoms with Gasteiger partial charge in [-0.25, -0.2) is 0 Å². The normalized spacial score (nSPS) is 20.2. The van der Waals surface area contributed by atoms with E-state index < -0.39 is 0 Å². The summed E-state index contributed by atoms with van der Waals surface area (Å²) in [5.41, 5.74) is 3.79. The minimum atomic E-state index is -0.0511. The SMILES string of the molecule is [B]C1(C(C)c2ccc3c(c2)Nc2ccccc2S3)CCCCCC1. The highest BCUT2D eigenvalue weighted by atomic mass is 32.2. The standard InChI is InChI=1S/C21H24BNS/c1-15(21(22)12-6-2-3-7-13-21)16-10-11-20-18(14-16)23-17-8-4-5-9-19(17)24-20/h4-5,8-11,14-15,23H,2-3,6-7,12-13H2,1H3. The van der Waals surface area contributed by atoms with Gasteiger partial charge in [0, 0.05) is 9.79 Å². The van der Waals surface area contributed by atoms with E-state index in [1.807, 2.05) is 11.8 Å². The minimum Gasteiger partial charge on any atom is -0.354 e. The molecular formula is C21H24BNS. The third-order valence-electron chi connectivity index (χ3n) is 5.78.